The van der Waals surface area contributed by atoms with E-state index in [1.807, 2.05) is 30.3 Å². The van der Waals surface area contributed by atoms with Crippen LogP contribution in [0.25, 0.3) is 0 Å². The zero-order chi connectivity index (χ0) is 18.8. The van der Waals surface area contributed by atoms with E-state index in [-0.39, 0.29) is 17.6 Å². The van der Waals surface area contributed by atoms with Crippen LogP contribution >= 0.6 is 0 Å². The van der Waals surface area contributed by atoms with Crippen LogP contribution in [-0.2, 0) is 12.8 Å². The summed E-state index contributed by atoms with van der Waals surface area (Å²) in [5.41, 5.74) is 4.59. The number of rotatable bonds is 4. The summed E-state index contributed by atoms with van der Waals surface area (Å²) < 4.78 is 18.8. The molecule has 138 valence electrons. The summed E-state index contributed by atoms with van der Waals surface area (Å²) in [6.07, 6.45) is 1.66. The Bertz CT molecular complexity index is 939. The second kappa shape index (κ2) is 7.31. The van der Waals surface area contributed by atoms with Crippen molar-refractivity contribution in [2.24, 2.45) is 0 Å². The van der Waals surface area contributed by atoms with Gasteiger partial charge in [0.1, 0.15) is 17.3 Å². The highest BCUT2D eigenvalue weighted by molar-refractivity contribution is 5.54. The summed E-state index contributed by atoms with van der Waals surface area (Å²) in [6, 6.07) is 20.4. The van der Waals surface area contributed by atoms with Crippen molar-refractivity contribution < 1.29 is 14.2 Å². The summed E-state index contributed by atoms with van der Waals surface area (Å²) in [5.74, 6) is 0.900. The summed E-state index contributed by atoms with van der Waals surface area (Å²) in [5, 5.41) is 9.85. The highest BCUT2D eigenvalue weighted by Gasteiger charge is 2.28. The van der Waals surface area contributed by atoms with Crippen molar-refractivity contribution in [3.63, 3.8) is 0 Å². The van der Waals surface area contributed by atoms with Gasteiger partial charge in [0.25, 0.3) is 0 Å². The first-order chi connectivity index (χ1) is 13.1. The number of hydrogen-bond acceptors (Lipinski definition) is 3. The molecule has 1 aliphatic rings. The summed E-state index contributed by atoms with van der Waals surface area (Å²) in [4.78, 5) is 2.32. The van der Waals surface area contributed by atoms with E-state index in [4.69, 9.17) is 4.74 Å². The molecule has 0 spiro atoms. The number of phenolic OH excluding ortho intramolecular Hbond substituents is 1. The van der Waals surface area contributed by atoms with Gasteiger partial charge in [0.05, 0.1) is 13.2 Å². The van der Waals surface area contributed by atoms with Crippen molar-refractivity contribution in [1.82, 2.24) is 0 Å². The maximum atomic E-state index is 13.4. The average Bonchev–Trinajstić information content (AvgIpc) is 2.68. The van der Waals surface area contributed by atoms with Gasteiger partial charge in [0, 0.05) is 12.2 Å². The first kappa shape index (κ1) is 17.4. The topological polar surface area (TPSA) is 32.7 Å². The van der Waals surface area contributed by atoms with E-state index < -0.39 is 0 Å². The van der Waals surface area contributed by atoms with Crippen molar-refractivity contribution >= 4 is 5.69 Å². The first-order valence-corrected chi connectivity index (χ1v) is 9.11. The fourth-order valence-corrected chi connectivity index (χ4v) is 3.88. The third kappa shape index (κ3) is 3.61. The van der Waals surface area contributed by atoms with Crippen molar-refractivity contribution in [2.75, 3.05) is 18.6 Å². The van der Waals surface area contributed by atoms with E-state index in [0.717, 1.165) is 36.4 Å². The van der Waals surface area contributed by atoms with E-state index in [9.17, 15) is 9.50 Å². The molecule has 1 aliphatic heterocycles. The lowest BCUT2D eigenvalue weighted by molar-refractivity contribution is 0.413. The fourth-order valence-electron chi connectivity index (χ4n) is 3.88. The van der Waals surface area contributed by atoms with Crippen LogP contribution in [0.2, 0.25) is 0 Å². The number of hydrogen-bond donors (Lipinski definition) is 1. The summed E-state index contributed by atoms with van der Waals surface area (Å²) in [7, 11) is 1.68. The van der Waals surface area contributed by atoms with Gasteiger partial charge < -0.3 is 14.7 Å². The number of fused-ring (bicyclic) bond motifs is 1. The van der Waals surface area contributed by atoms with E-state index in [1.165, 1.54) is 23.3 Å². The molecule has 1 unspecified atom stereocenters. The van der Waals surface area contributed by atoms with Gasteiger partial charge in [0.2, 0.25) is 0 Å². The molecule has 4 rings (SSSR count). The fraction of sp³-hybridized carbons (Fsp3) is 0.217. The van der Waals surface area contributed by atoms with Gasteiger partial charge >= 0.3 is 0 Å². The molecule has 0 saturated carbocycles. The highest BCUT2D eigenvalue weighted by atomic mass is 19.1. The molecule has 0 aromatic heterocycles. The SMILES string of the molecule is COc1ccc2c(c1)CCN(c1ccc(F)cc1)C2Cc1cccc(O)c1. The molecule has 0 amide bonds. The second-order valence-corrected chi connectivity index (χ2v) is 6.87. The van der Waals surface area contributed by atoms with Gasteiger partial charge in [-0.15, -0.1) is 0 Å². The molecule has 1 atom stereocenters. The zero-order valence-electron chi connectivity index (χ0n) is 15.2. The molecular formula is C23H22FNO2. The molecule has 4 heteroatoms. The van der Waals surface area contributed by atoms with Crippen LogP contribution in [0.5, 0.6) is 11.5 Å². The molecule has 3 nitrogen and oxygen atoms in total. The lowest BCUT2D eigenvalue weighted by Crippen LogP contribution is -2.36. The van der Waals surface area contributed by atoms with Crippen LogP contribution in [0.3, 0.4) is 0 Å². The Morgan fingerprint density at radius 3 is 2.63 bits per heavy atom. The molecule has 1 N–H and O–H groups in total. The number of halogens is 1. The minimum absolute atomic E-state index is 0.104. The van der Waals surface area contributed by atoms with Gasteiger partial charge in [-0.25, -0.2) is 4.39 Å². The number of ether oxygens (including phenoxy) is 1. The van der Waals surface area contributed by atoms with Gasteiger partial charge in [-0.05, 0) is 78.1 Å². The largest absolute Gasteiger partial charge is 0.508 e. The Hall–Kier alpha value is -3.01. The number of phenols is 1. The Morgan fingerprint density at radius 2 is 1.89 bits per heavy atom. The molecule has 1 heterocycles. The monoisotopic (exact) mass is 363 g/mol. The van der Waals surface area contributed by atoms with Crippen LogP contribution < -0.4 is 9.64 Å². The second-order valence-electron chi connectivity index (χ2n) is 6.87. The molecule has 3 aromatic carbocycles. The summed E-state index contributed by atoms with van der Waals surface area (Å²) >= 11 is 0. The Kier molecular flexibility index (Phi) is 4.71. The van der Waals surface area contributed by atoms with Crippen LogP contribution in [-0.4, -0.2) is 18.8 Å². The zero-order valence-corrected chi connectivity index (χ0v) is 15.2. The Labute approximate surface area is 158 Å². The number of aromatic hydroxyl groups is 1. The average molecular weight is 363 g/mol. The van der Waals surface area contributed by atoms with Crippen LogP contribution in [0.15, 0.2) is 66.7 Å². The van der Waals surface area contributed by atoms with Crippen molar-refractivity contribution in [3.8, 4) is 11.5 Å². The minimum Gasteiger partial charge on any atom is -0.508 e. The third-order valence-electron chi connectivity index (χ3n) is 5.21. The Morgan fingerprint density at radius 1 is 1.07 bits per heavy atom. The van der Waals surface area contributed by atoms with E-state index in [2.05, 4.69) is 17.0 Å². The lowest BCUT2D eigenvalue weighted by Gasteiger charge is -2.39. The molecule has 0 radical (unpaired) electrons. The Balaban J connectivity index is 1.75. The van der Waals surface area contributed by atoms with Gasteiger partial charge in [-0.3, -0.25) is 0 Å². The van der Waals surface area contributed by atoms with Crippen LogP contribution in [0.1, 0.15) is 22.7 Å². The quantitative estimate of drug-likeness (QED) is 0.717. The minimum atomic E-state index is -0.231. The van der Waals surface area contributed by atoms with Crippen LogP contribution in [0.4, 0.5) is 10.1 Å². The smallest absolute Gasteiger partial charge is 0.123 e. The predicted octanol–water partition coefficient (Wildman–Crippen LogP) is 4.89. The summed E-state index contributed by atoms with van der Waals surface area (Å²) in [6.45, 7) is 0.843. The van der Waals surface area contributed by atoms with E-state index in [0.29, 0.717) is 0 Å². The molecule has 27 heavy (non-hydrogen) atoms. The van der Waals surface area contributed by atoms with Gasteiger partial charge in [-0.1, -0.05) is 18.2 Å². The number of methoxy groups -OCH3 is 1. The van der Waals surface area contributed by atoms with Crippen molar-refractivity contribution in [2.45, 2.75) is 18.9 Å². The normalized spacial score (nSPS) is 16.1. The van der Waals surface area contributed by atoms with E-state index >= 15 is 0 Å². The third-order valence-corrected chi connectivity index (χ3v) is 5.21. The van der Waals surface area contributed by atoms with Gasteiger partial charge in [-0.2, -0.15) is 0 Å². The number of nitrogens with zero attached hydrogens (tertiary/aromatic N) is 1. The first-order valence-electron chi connectivity index (χ1n) is 9.11. The van der Waals surface area contributed by atoms with Gasteiger partial charge in [0.15, 0.2) is 0 Å². The van der Waals surface area contributed by atoms with Crippen molar-refractivity contribution in [1.29, 1.82) is 0 Å². The maximum Gasteiger partial charge on any atom is 0.123 e. The maximum absolute atomic E-state index is 13.4. The lowest BCUT2D eigenvalue weighted by atomic mass is 9.88. The standard InChI is InChI=1S/C23H22FNO2/c1-27-21-9-10-22-17(15-21)11-12-25(19-7-5-18(24)6-8-19)23(22)14-16-3-2-4-20(26)13-16/h2-10,13,15,23,26H,11-12,14H2,1H3. The van der Waals surface area contributed by atoms with Crippen molar-refractivity contribution in [3.05, 3.63) is 89.2 Å². The molecule has 0 aliphatic carbocycles. The molecule has 3 aromatic rings. The molecule has 0 fully saturated rings. The molecular weight excluding hydrogens is 341 g/mol. The number of benzene rings is 3. The number of anilines is 1. The predicted molar refractivity (Wildman–Crippen MR) is 105 cm³/mol. The molecule has 0 saturated heterocycles. The van der Waals surface area contributed by atoms with E-state index in [1.54, 1.807) is 19.2 Å². The highest BCUT2D eigenvalue weighted by Crippen LogP contribution is 2.37. The van der Waals surface area contributed by atoms with Crippen LogP contribution in [0, 0.1) is 5.82 Å². The molecule has 0 bridgehead atoms.